The van der Waals surface area contributed by atoms with E-state index < -0.39 is 0 Å². The van der Waals surface area contributed by atoms with E-state index >= 15 is 0 Å². The first-order chi connectivity index (χ1) is 10.1. The molecule has 1 unspecified atom stereocenters. The SMILES string of the molecule is CCCc1nc2c(n1C(C)C(=O)N(CC)CC)CCNC2. The maximum absolute atomic E-state index is 12.7. The van der Waals surface area contributed by atoms with Gasteiger partial charge in [-0.05, 0) is 27.2 Å². The molecule has 1 aliphatic rings. The molecule has 1 atom stereocenters. The molecule has 118 valence electrons. The maximum Gasteiger partial charge on any atom is 0.245 e. The molecule has 1 amide bonds. The second-order valence-electron chi connectivity index (χ2n) is 5.65. The van der Waals surface area contributed by atoms with Crippen LogP contribution in [0.25, 0.3) is 0 Å². The Balaban J connectivity index is 2.36. The quantitative estimate of drug-likeness (QED) is 0.871. The molecular weight excluding hydrogens is 264 g/mol. The highest BCUT2D eigenvalue weighted by Crippen LogP contribution is 2.23. The van der Waals surface area contributed by atoms with Gasteiger partial charge in [0.15, 0.2) is 0 Å². The number of amides is 1. The highest BCUT2D eigenvalue weighted by atomic mass is 16.2. The van der Waals surface area contributed by atoms with Crippen LogP contribution in [0.4, 0.5) is 0 Å². The summed E-state index contributed by atoms with van der Waals surface area (Å²) in [5.74, 6) is 1.27. The van der Waals surface area contributed by atoms with Gasteiger partial charge < -0.3 is 14.8 Å². The number of fused-ring (bicyclic) bond motifs is 1. The van der Waals surface area contributed by atoms with Crippen molar-refractivity contribution in [3.8, 4) is 0 Å². The van der Waals surface area contributed by atoms with Crippen LogP contribution in [-0.2, 0) is 24.2 Å². The zero-order valence-corrected chi connectivity index (χ0v) is 13.8. The molecule has 0 spiro atoms. The van der Waals surface area contributed by atoms with Crippen molar-refractivity contribution in [2.75, 3.05) is 19.6 Å². The lowest BCUT2D eigenvalue weighted by Gasteiger charge is -2.26. The number of nitrogens with one attached hydrogen (secondary N) is 1. The summed E-state index contributed by atoms with van der Waals surface area (Å²) in [6, 6.07) is -0.152. The van der Waals surface area contributed by atoms with E-state index in [1.807, 2.05) is 25.7 Å². The van der Waals surface area contributed by atoms with E-state index in [2.05, 4.69) is 16.8 Å². The van der Waals surface area contributed by atoms with E-state index in [4.69, 9.17) is 4.98 Å². The van der Waals surface area contributed by atoms with E-state index in [0.717, 1.165) is 57.0 Å². The molecule has 5 heteroatoms. The van der Waals surface area contributed by atoms with Crippen LogP contribution < -0.4 is 5.32 Å². The molecular formula is C16H28N4O. The third-order valence-corrected chi connectivity index (χ3v) is 4.29. The van der Waals surface area contributed by atoms with Gasteiger partial charge in [0.2, 0.25) is 5.91 Å². The molecule has 2 heterocycles. The van der Waals surface area contributed by atoms with Crippen molar-refractivity contribution < 1.29 is 4.79 Å². The Kier molecular flexibility index (Phi) is 5.39. The standard InChI is InChI=1S/C16H28N4O/c1-5-8-15-18-13-11-17-10-9-14(13)20(15)12(4)16(21)19(6-2)7-3/h12,17H,5-11H2,1-4H3. The third-order valence-electron chi connectivity index (χ3n) is 4.29. The lowest BCUT2D eigenvalue weighted by atomic mass is 10.1. The average Bonchev–Trinajstić information content (AvgIpc) is 2.86. The predicted molar refractivity (Wildman–Crippen MR) is 84.3 cm³/mol. The van der Waals surface area contributed by atoms with Crippen LogP contribution in [0.1, 0.15) is 57.4 Å². The number of imidazole rings is 1. The second-order valence-corrected chi connectivity index (χ2v) is 5.65. The van der Waals surface area contributed by atoms with Gasteiger partial charge in [-0.2, -0.15) is 0 Å². The van der Waals surface area contributed by atoms with Crippen molar-refractivity contribution in [1.29, 1.82) is 0 Å². The Morgan fingerprint density at radius 2 is 2.10 bits per heavy atom. The lowest BCUT2D eigenvalue weighted by Crippen LogP contribution is -2.37. The van der Waals surface area contributed by atoms with E-state index in [-0.39, 0.29) is 11.9 Å². The largest absolute Gasteiger partial charge is 0.341 e. The number of rotatable bonds is 6. The summed E-state index contributed by atoms with van der Waals surface area (Å²) in [6.07, 6.45) is 2.94. The van der Waals surface area contributed by atoms with E-state index in [1.165, 1.54) is 5.69 Å². The van der Waals surface area contributed by atoms with Crippen molar-refractivity contribution in [3.63, 3.8) is 0 Å². The smallest absolute Gasteiger partial charge is 0.245 e. The maximum atomic E-state index is 12.7. The molecule has 0 aromatic carbocycles. The molecule has 0 radical (unpaired) electrons. The number of aromatic nitrogens is 2. The van der Waals surface area contributed by atoms with Crippen LogP contribution in [0.5, 0.6) is 0 Å². The molecule has 0 bridgehead atoms. The minimum absolute atomic E-state index is 0.152. The van der Waals surface area contributed by atoms with E-state index in [0.29, 0.717) is 0 Å². The number of nitrogens with zero attached hydrogens (tertiary/aromatic N) is 3. The molecule has 1 aromatic heterocycles. The van der Waals surface area contributed by atoms with Gasteiger partial charge in [-0.3, -0.25) is 4.79 Å². The first-order valence-corrected chi connectivity index (χ1v) is 8.22. The monoisotopic (exact) mass is 292 g/mol. The predicted octanol–water partition coefficient (Wildman–Crippen LogP) is 1.91. The zero-order chi connectivity index (χ0) is 15.4. The highest BCUT2D eigenvalue weighted by molar-refractivity contribution is 5.80. The molecule has 0 saturated heterocycles. The van der Waals surface area contributed by atoms with Gasteiger partial charge in [-0.25, -0.2) is 4.98 Å². The summed E-state index contributed by atoms with van der Waals surface area (Å²) in [5.41, 5.74) is 2.38. The van der Waals surface area contributed by atoms with Crippen LogP contribution in [0.3, 0.4) is 0 Å². The van der Waals surface area contributed by atoms with Crippen molar-refractivity contribution in [2.24, 2.45) is 0 Å². The number of hydrogen-bond acceptors (Lipinski definition) is 3. The van der Waals surface area contributed by atoms with Crippen LogP contribution in [0.2, 0.25) is 0 Å². The summed E-state index contributed by atoms with van der Waals surface area (Å²) in [6.45, 7) is 11.6. The number of carbonyl (C=O) groups is 1. The van der Waals surface area contributed by atoms with Crippen molar-refractivity contribution in [2.45, 2.75) is 59.5 Å². The number of aryl methyl sites for hydroxylation is 1. The molecule has 2 rings (SSSR count). The van der Waals surface area contributed by atoms with Gasteiger partial charge in [0.05, 0.1) is 5.69 Å². The Morgan fingerprint density at radius 3 is 2.71 bits per heavy atom. The van der Waals surface area contributed by atoms with Crippen LogP contribution in [0, 0.1) is 0 Å². The van der Waals surface area contributed by atoms with Crippen LogP contribution >= 0.6 is 0 Å². The van der Waals surface area contributed by atoms with Gasteiger partial charge in [-0.1, -0.05) is 6.92 Å². The Hall–Kier alpha value is -1.36. The molecule has 1 N–H and O–H groups in total. The number of likely N-dealkylation sites (N-methyl/N-ethyl adjacent to an activating group) is 1. The molecule has 0 saturated carbocycles. The van der Waals surface area contributed by atoms with Gasteiger partial charge in [0.1, 0.15) is 11.9 Å². The molecule has 1 aromatic rings. The Bertz CT molecular complexity index is 491. The van der Waals surface area contributed by atoms with Gasteiger partial charge >= 0.3 is 0 Å². The summed E-state index contributed by atoms with van der Waals surface area (Å²) < 4.78 is 2.21. The van der Waals surface area contributed by atoms with E-state index in [9.17, 15) is 4.79 Å². The number of hydrogen-bond donors (Lipinski definition) is 1. The molecule has 21 heavy (non-hydrogen) atoms. The molecule has 1 aliphatic heterocycles. The Labute approximate surface area is 127 Å². The van der Waals surface area contributed by atoms with Crippen LogP contribution in [0.15, 0.2) is 0 Å². The van der Waals surface area contributed by atoms with E-state index in [1.54, 1.807) is 0 Å². The van der Waals surface area contributed by atoms with Gasteiger partial charge in [0, 0.05) is 44.7 Å². The molecule has 0 aliphatic carbocycles. The third kappa shape index (κ3) is 3.12. The summed E-state index contributed by atoms with van der Waals surface area (Å²) >= 11 is 0. The lowest BCUT2D eigenvalue weighted by molar-refractivity contribution is -0.134. The highest BCUT2D eigenvalue weighted by Gasteiger charge is 2.27. The Morgan fingerprint density at radius 1 is 1.38 bits per heavy atom. The first-order valence-electron chi connectivity index (χ1n) is 8.22. The summed E-state index contributed by atoms with van der Waals surface area (Å²) in [4.78, 5) is 19.4. The van der Waals surface area contributed by atoms with Gasteiger partial charge in [0.25, 0.3) is 0 Å². The molecule has 0 fully saturated rings. The van der Waals surface area contributed by atoms with Crippen molar-refractivity contribution in [1.82, 2.24) is 19.8 Å². The van der Waals surface area contributed by atoms with Gasteiger partial charge in [-0.15, -0.1) is 0 Å². The van der Waals surface area contributed by atoms with Crippen LogP contribution in [-0.4, -0.2) is 40.0 Å². The minimum atomic E-state index is -0.152. The zero-order valence-electron chi connectivity index (χ0n) is 13.8. The first kappa shape index (κ1) is 16.0. The fraction of sp³-hybridized carbons (Fsp3) is 0.750. The minimum Gasteiger partial charge on any atom is -0.341 e. The second kappa shape index (κ2) is 7.07. The average molecular weight is 292 g/mol. The van der Waals surface area contributed by atoms with Crippen molar-refractivity contribution in [3.05, 3.63) is 17.2 Å². The number of carbonyl (C=O) groups excluding carboxylic acids is 1. The normalized spacial score (nSPS) is 15.6. The summed E-state index contributed by atoms with van der Waals surface area (Å²) in [5, 5.41) is 3.37. The summed E-state index contributed by atoms with van der Waals surface area (Å²) in [7, 11) is 0. The topological polar surface area (TPSA) is 50.2 Å². The fourth-order valence-corrected chi connectivity index (χ4v) is 3.16. The molecule has 5 nitrogen and oxygen atoms in total. The van der Waals surface area contributed by atoms with Crippen molar-refractivity contribution >= 4 is 5.91 Å². The fourth-order valence-electron chi connectivity index (χ4n) is 3.16.